The Morgan fingerprint density at radius 1 is 1.53 bits per heavy atom. The summed E-state index contributed by atoms with van der Waals surface area (Å²) in [6.07, 6.45) is 4.60. The SMILES string of the molecule is O=[N+]([O-])c1nn(CCCCCBr)cc1Cl. The molecule has 0 spiro atoms. The molecule has 0 bridgehead atoms. The van der Waals surface area contributed by atoms with Crippen molar-refractivity contribution in [3.8, 4) is 0 Å². The normalized spacial score (nSPS) is 10.5. The minimum absolute atomic E-state index is 0.0977. The number of hydrogen-bond acceptors (Lipinski definition) is 3. The van der Waals surface area contributed by atoms with Gasteiger partial charge in [0, 0.05) is 5.33 Å². The van der Waals surface area contributed by atoms with Gasteiger partial charge in [-0.25, -0.2) is 0 Å². The van der Waals surface area contributed by atoms with Crippen LogP contribution < -0.4 is 0 Å². The molecule has 84 valence electrons. The third kappa shape index (κ3) is 3.79. The summed E-state index contributed by atoms with van der Waals surface area (Å²) in [7, 11) is 0. The van der Waals surface area contributed by atoms with Gasteiger partial charge < -0.3 is 10.1 Å². The number of unbranched alkanes of at least 4 members (excludes halogenated alkanes) is 2. The summed E-state index contributed by atoms with van der Waals surface area (Å²) in [6.45, 7) is 0.667. The van der Waals surface area contributed by atoms with E-state index in [4.69, 9.17) is 11.6 Å². The van der Waals surface area contributed by atoms with Gasteiger partial charge in [0.2, 0.25) is 0 Å². The molecule has 1 heterocycles. The zero-order chi connectivity index (χ0) is 11.3. The molecule has 0 fully saturated rings. The molecule has 0 aliphatic carbocycles. The molecule has 5 nitrogen and oxygen atoms in total. The first-order valence-electron chi connectivity index (χ1n) is 4.58. The maximum Gasteiger partial charge on any atom is 0.408 e. The van der Waals surface area contributed by atoms with Crippen LogP contribution in [0.5, 0.6) is 0 Å². The van der Waals surface area contributed by atoms with E-state index in [0.29, 0.717) is 6.54 Å². The lowest BCUT2D eigenvalue weighted by atomic mass is 10.2. The highest BCUT2D eigenvalue weighted by atomic mass is 79.9. The summed E-state index contributed by atoms with van der Waals surface area (Å²) in [5.41, 5.74) is 0. The summed E-state index contributed by atoms with van der Waals surface area (Å²) < 4.78 is 1.52. The lowest BCUT2D eigenvalue weighted by Gasteiger charge is -1.95. The van der Waals surface area contributed by atoms with Gasteiger partial charge >= 0.3 is 5.82 Å². The van der Waals surface area contributed by atoms with Crippen LogP contribution in [0, 0.1) is 10.1 Å². The van der Waals surface area contributed by atoms with E-state index in [-0.39, 0.29) is 10.8 Å². The number of hydrogen-bond donors (Lipinski definition) is 0. The minimum Gasteiger partial charge on any atom is -0.358 e. The van der Waals surface area contributed by atoms with E-state index >= 15 is 0 Å². The van der Waals surface area contributed by atoms with Gasteiger partial charge in [-0.2, -0.15) is 4.68 Å². The van der Waals surface area contributed by atoms with Crippen molar-refractivity contribution < 1.29 is 4.92 Å². The molecule has 0 N–H and O–H groups in total. The van der Waals surface area contributed by atoms with Gasteiger partial charge in [0.05, 0.1) is 17.8 Å². The molecule has 0 atom stereocenters. The molecule has 0 saturated heterocycles. The Hall–Kier alpha value is -0.620. The van der Waals surface area contributed by atoms with E-state index in [2.05, 4.69) is 21.0 Å². The van der Waals surface area contributed by atoms with Crippen molar-refractivity contribution in [2.45, 2.75) is 25.8 Å². The highest BCUT2D eigenvalue weighted by molar-refractivity contribution is 9.09. The Balaban J connectivity index is 2.48. The molecule has 1 aromatic heterocycles. The number of nitro groups is 1. The summed E-state index contributed by atoms with van der Waals surface area (Å²) >= 11 is 8.99. The largest absolute Gasteiger partial charge is 0.408 e. The van der Waals surface area contributed by atoms with Gasteiger partial charge in [0.15, 0.2) is 5.02 Å². The Kier molecular flexibility index (Phi) is 5.04. The second-order valence-electron chi connectivity index (χ2n) is 3.07. The van der Waals surface area contributed by atoms with Crippen LogP contribution in [0.2, 0.25) is 5.02 Å². The Morgan fingerprint density at radius 2 is 2.27 bits per heavy atom. The van der Waals surface area contributed by atoms with Crippen LogP contribution in [0.3, 0.4) is 0 Å². The molecule has 7 heteroatoms. The number of rotatable bonds is 6. The van der Waals surface area contributed by atoms with Crippen LogP contribution >= 0.6 is 27.5 Å². The van der Waals surface area contributed by atoms with Crippen LogP contribution in [-0.2, 0) is 6.54 Å². The standard InChI is InChI=1S/C8H11BrClN3O2/c9-4-2-1-3-5-12-6-7(10)8(11-12)13(14)15/h6H,1-5H2. The Morgan fingerprint density at radius 3 is 2.80 bits per heavy atom. The van der Waals surface area contributed by atoms with Crippen molar-refractivity contribution in [3.05, 3.63) is 21.3 Å². The molecule has 0 aliphatic rings. The fourth-order valence-electron chi connectivity index (χ4n) is 1.17. The highest BCUT2D eigenvalue weighted by Gasteiger charge is 2.18. The van der Waals surface area contributed by atoms with Gasteiger partial charge in [-0.3, -0.25) is 0 Å². The highest BCUT2D eigenvalue weighted by Crippen LogP contribution is 2.21. The van der Waals surface area contributed by atoms with Crippen molar-refractivity contribution in [1.82, 2.24) is 9.78 Å². The van der Waals surface area contributed by atoms with Gasteiger partial charge in [-0.05, 0) is 17.8 Å². The summed E-state index contributed by atoms with van der Waals surface area (Å²) in [4.78, 5) is 9.88. The first kappa shape index (κ1) is 12.4. The zero-order valence-corrected chi connectivity index (χ0v) is 10.4. The zero-order valence-electron chi connectivity index (χ0n) is 8.03. The number of aromatic nitrogens is 2. The summed E-state index contributed by atoms with van der Waals surface area (Å²) in [5, 5.41) is 15.3. The number of alkyl halides is 1. The average Bonchev–Trinajstić information content (AvgIpc) is 2.55. The van der Waals surface area contributed by atoms with Crippen LogP contribution in [0.1, 0.15) is 19.3 Å². The third-order valence-electron chi connectivity index (χ3n) is 1.89. The van der Waals surface area contributed by atoms with Crippen LogP contribution in [0.25, 0.3) is 0 Å². The molecule has 1 rings (SSSR count). The first-order chi connectivity index (χ1) is 7.15. The van der Waals surface area contributed by atoms with E-state index < -0.39 is 4.92 Å². The average molecular weight is 297 g/mol. The lowest BCUT2D eigenvalue weighted by molar-refractivity contribution is -0.389. The topological polar surface area (TPSA) is 61.0 Å². The molecular formula is C8H11BrClN3O2. The quantitative estimate of drug-likeness (QED) is 0.351. The van der Waals surface area contributed by atoms with E-state index in [1.54, 1.807) is 0 Å². The van der Waals surface area contributed by atoms with E-state index in [0.717, 1.165) is 24.6 Å². The second kappa shape index (κ2) is 6.07. The number of nitrogens with zero attached hydrogens (tertiary/aromatic N) is 3. The minimum atomic E-state index is -0.572. The number of halogens is 2. The van der Waals surface area contributed by atoms with Crippen molar-refractivity contribution in [2.75, 3.05) is 5.33 Å². The van der Waals surface area contributed by atoms with E-state index in [1.807, 2.05) is 0 Å². The van der Waals surface area contributed by atoms with Crippen LogP contribution in [0.15, 0.2) is 6.20 Å². The monoisotopic (exact) mass is 295 g/mol. The van der Waals surface area contributed by atoms with Gasteiger partial charge in [-0.15, -0.1) is 0 Å². The van der Waals surface area contributed by atoms with Gasteiger partial charge in [0.1, 0.15) is 0 Å². The van der Waals surface area contributed by atoms with Crippen molar-refractivity contribution >= 4 is 33.3 Å². The van der Waals surface area contributed by atoms with Crippen molar-refractivity contribution in [3.63, 3.8) is 0 Å². The maximum atomic E-state index is 10.5. The van der Waals surface area contributed by atoms with Gasteiger partial charge in [0.25, 0.3) is 0 Å². The Bertz CT molecular complexity index is 343. The van der Waals surface area contributed by atoms with E-state index in [9.17, 15) is 10.1 Å². The molecule has 0 unspecified atom stereocenters. The third-order valence-corrected chi connectivity index (χ3v) is 2.72. The predicted octanol–water partition coefficient (Wildman–Crippen LogP) is 3.01. The molecule has 15 heavy (non-hydrogen) atoms. The molecular weight excluding hydrogens is 285 g/mol. The molecule has 0 aliphatic heterocycles. The Labute approximate surface area is 101 Å². The van der Waals surface area contributed by atoms with Crippen molar-refractivity contribution in [2.24, 2.45) is 0 Å². The second-order valence-corrected chi connectivity index (χ2v) is 4.27. The summed E-state index contributed by atoms with van der Waals surface area (Å²) in [6, 6.07) is 0. The first-order valence-corrected chi connectivity index (χ1v) is 6.08. The molecule has 1 aromatic rings. The summed E-state index contributed by atoms with van der Waals surface area (Å²) in [5.74, 6) is -0.267. The van der Waals surface area contributed by atoms with Crippen LogP contribution in [-0.4, -0.2) is 20.0 Å². The van der Waals surface area contributed by atoms with Crippen molar-refractivity contribution in [1.29, 1.82) is 0 Å². The molecule has 0 aromatic carbocycles. The van der Waals surface area contributed by atoms with Crippen LogP contribution in [0.4, 0.5) is 5.82 Å². The molecule has 0 amide bonds. The molecule has 0 radical (unpaired) electrons. The molecule has 0 saturated carbocycles. The lowest BCUT2D eigenvalue weighted by Crippen LogP contribution is -1.99. The fourth-order valence-corrected chi connectivity index (χ4v) is 1.79. The van der Waals surface area contributed by atoms with E-state index in [1.165, 1.54) is 10.9 Å². The van der Waals surface area contributed by atoms with Gasteiger partial charge in [-0.1, -0.05) is 34.0 Å². The number of aryl methyl sites for hydroxylation is 1. The fraction of sp³-hybridized carbons (Fsp3) is 0.625. The smallest absolute Gasteiger partial charge is 0.358 e. The predicted molar refractivity (Wildman–Crippen MR) is 61.5 cm³/mol. The maximum absolute atomic E-state index is 10.5.